The number of aromatic nitrogens is 2. The standard InChI is InChI=1S/C10H17N3O2/c1-3-14-7-8(2)15-10-12-5-4-9(6-11)13-10/h4-5,8H,3,6-7,11H2,1-2H3. The van der Waals surface area contributed by atoms with Gasteiger partial charge in [-0.3, -0.25) is 0 Å². The zero-order valence-corrected chi connectivity index (χ0v) is 9.14. The van der Waals surface area contributed by atoms with Crippen LogP contribution in [0.15, 0.2) is 12.3 Å². The first-order valence-electron chi connectivity index (χ1n) is 5.02. The summed E-state index contributed by atoms with van der Waals surface area (Å²) in [5.41, 5.74) is 6.23. The van der Waals surface area contributed by atoms with Crippen molar-refractivity contribution in [3.8, 4) is 6.01 Å². The van der Waals surface area contributed by atoms with Crippen molar-refractivity contribution in [3.63, 3.8) is 0 Å². The maximum atomic E-state index is 5.46. The van der Waals surface area contributed by atoms with Crippen LogP contribution in [-0.4, -0.2) is 29.3 Å². The predicted molar refractivity (Wildman–Crippen MR) is 56.5 cm³/mol. The van der Waals surface area contributed by atoms with Gasteiger partial charge in [0.2, 0.25) is 0 Å². The van der Waals surface area contributed by atoms with E-state index in [4.69, 9.17) is 15.2 Å². The van der Waals surface area contributed by atoms with Crippen LogP contribution in [0.2, 0.25) is 0 Å². The van der Waals surface area contributed by atoms with E-state index in [9.17, 15) is 0 Å². The highest BCUT2D eigenvalue weighted by Gasteiger charge is 2.06. The first-order valence-corrected chi connectivity index (χ1v) is 5.02. The van der Waals surface area contributed by atoms with E-state index >= 15 is 0 Å². The molecule has 1 rings (SSSR count). The first-order chi connectivity index (χ1) is 7.26. The van der Waals surface area contributed by atoms with Crippen molar-refractivity contribution in [2.24, 2.45) is 5.73 Å². The summed E-state index contributed by atoms with van der Waals surface area (Å²) in [7, 11) is 0. The van der Waals surface area contributed by atoms with Crippen LogP contribution in [0.4, 0.5) is 0 Å². The van der Waals surface area contributed by atoms with E-state index in [-0.39, 0.29) is 6.10 Å². The maximum Gasteiger partial charge on any atom is 0.316 e. The van der Waals surface area contributed by atoms with Crippen molar-refractivity contribution in [2.75, 3.05) is 13.2 Å². The molecule has 5 nitrogen and oxygen atoms in total. The van der Waals surface area contributed by atoms with Gasteiger partial charge in [0.25, 0.3) is 0 Å². The second-order valence-electron chi connectivity index (χ2n) is 3.12. The van der Waals surface area contributed by atoms with Crippen LogP contribution in [0.5, 0.6) is 6.01 Å². The molecule has 15 heavy (non-hydrogen) atoms. The van der Waals surface area contributed by atoms with Gasteiger partial charge in [-0.2, -0.15) is 4.98 Å². The molecule has 5 heteroatoms. The van der Waals surface area contributed by atoms with Gasteiger partial charge in [0.1, 0.15) is 6.10 Å². The summed E-state index contributed by atoms with van der Waals surface area (Å²) < 4.78 is 10.7. The number of hydrogen-bond acceptors (Lipinski definition) is 5. The quantitative estimate of drug-likeness (QED) is 0.751. The molecule has 0 aliphatic carbocycles. The fourth-order valence-electron chi connectivity index (χ4n) is 1.04. The monoisotopic (exact) mass is 211 g/mol. The number of ether oxygens (including phenoxy) is 2. The Bertz CT molecular complexity index is 294. The molecule has 2 N–H and O–H groups in total. The molecule has 0 aromatic carbocycles. The van der Waals surface area contributed by atoms with Crippen LogP contribution in [0.3, 0.4) is 0 Å². The van der Waals surface area contributed by atoms with Gasteiger partial charge in [0, 0.05) is 19.3 Å². The van der Waals surface area contributed by atoms with E-state index in [1.807, 2.05) is 13.8 Å². The largest absolute Gasteiger partial charge is 0.458 e. The lowest BCUT2D eigenvalue weighted by Gasteiger charge is -2.12. The average molecular weight is 211 g/mol. The third-order valence-electron chi connectivity index (χ3n) is 1.76. The molecule has 0 saturated heterocycles. The predicted octanol–water partition coefficient (Wildman–Crippen LogP) is 0.739. The summed E-state index contributed by atoms with van der Waals surface area (Å²) in [6.07, 6.45) is 1.58. The van der Waals surface area contributed by atoms with Gasteiger partial charge in [0.15, 0.2) is 0 Å². The van der Waals surface area contributed by atoms with E-state index in [1.54, 1.807) is 12.3 Å². The molecular weight excluding hydrogens is 194 g/mol. The van der Waals surface area contributed by atoms with Crippen molar-refractivity contribution >= 4 is 0 Å². The lowest BCUT2D eigenvalue weighted by atomic mass is 10.4. The fourth-order valence-corrected chi connectivity index (χ4v) is 1.04. The summed E-state index contributed by atoms with van der Waals surface area (Å²) in [6.45, 7) is 5.45. The third-order valence-corrected chi connectivity index (χ3v) is 1.76. The Morgan fingerprint density at radius 3 is 3.00 bits per heavy atom. The SMILES string of the molecule is CCOCC(C)Oc1nccc(CN)n1. The van der Waals surface area contributed by atoms with Crippen molar-refractivity contribution in [1.29, 1.82) is 0 Å². The lowest BCUT2D eigenvalue weighted by molar-refractivity contribution is 0.0606. The van der Waals surface area contributed by atoms with Gasteiger partial charge in [-0.1, -0.05) is 0 Å². The number of rotatable bonds is 6. The normalized spacial score (nSPS) is 12.5. The smallest absolute Gasteiger partial charge is 0.316 e. The molecular formula is C10H17N3O2. The molecule has 0 amide bonds. The van der Waals surface area contributed by atoms with E-state index < -0.39 is 0 Å². The van der Waals surface area contributed by atoms with Crippen LogP contribution in [0, 0.1) is 0 Å². The summed E-state index contributed by atoms with van der Waals surface area (Å²) in [6, 6.07) is 2.12. The van der Waals surface area contributed by atoms with Gasteiger partial charge in [-0.05, 0) is 19.9 Å². The highest BCUT2D eigenvalue weighted by atomic mass is 16.5. The minimum absolute atomic E-state index is 0.0574. The minimum Gasteiger partial charge on any atom is -0.458 e. The Hall–Kier alpha value is -1.20. The van der Waals surface area contributed by atoms with Crippen LogP contribution >= 0.6 is 0 Å². The Morgan fingerprint density at radius 1 is 1.53 bits per heavy atom. The summed E-state index contributed by atoms with van der Waals surface area (Å²) in [5, 5.41) is 0. The number of nitrogens with two attached hydrogens (primary N) is 1. The lowest BCUT2D eigenvalue weighted by Crippen LogP contribution is -2.20. The number of hydrogen-bond donors (Lipinski definition) is 1. The molecule has 0 saturated carbocycles. The second-order valence-corrected chi connectivity index (χ2v) is 3.12. The van der Waals surface area contributed by atoms with E-state index in [0.717, 1.165) is 5.69 Å². The van der Waals surface area contributed by atoms with Gasteiger partial charge in [0.05, 0.1) is 12.3 Å². The molecule has 0 bridgehead atoms. The molecule has 1 atom stereocenters. The van der Waals surface area contributed by atoms with E-state index in [2.05, 4.69) is 9.97 Å². The highest BCUT2D eigenvalue weighted by Crippen LogP contribution is 2.05. The van der Waals surface area contributed by atoms with Crippen molar-refractivity contribution in [2.45, 2.75) is 26.5 Å². The molecule has 0 spiro atoms. The maximum absolute atomic E-state index is 5.46. The molecule has 1 aromatic heterocycles. The zero-order chi connectivity index (χ0) is 11.1. The minimum atomic E-state index is -0.0574. The van der Waals surface area contributed by atoms with Gasteiger partial charge >= 0.3 is 6.01 Å². The summed E-state index contributed by atoms with van der Waals surface area (Å²) in [4.78, 5) is 8.12. The fraction of sp³-hybridized carbons (Fsp3) is 0.600. The van der Waals surface area contributed by atoms with E-state index in [0.29, 0.717) is 25.8 Å². The third kappa shape index (κ3) is 4.22. The van der Waals surface area contributed by atoms with Crippen molar-refractivity contribution in [3.05, 3.63) is 18.0 Å². The highest BCUT2D eigenvalue weighted by molar-refractivity contribution is 5.05. The van der Waals surface area contributed by atoms with Gasteiger partial charge in [-0.25, -0.2) is 4.98 Å². The number of nitrogens with zero attached hydrogens (tertiary/aromatic N) is 2. The molecule has 1 heterocycles. The Labute approximate surface area is 89.6 Å². The first kappa shape index (κ1) is 11.9. The topological polar surface area (TPSA) is 70.3 Å². The van der Waals surface area contributed by atoms with Gasteiger partial charge in [-0.15, -0.1) is 0 Å². The summed E-state index contributed by atoms with van der Waals surface area (Å²) >= 11 is 0. The Kier molecular flexibility index (Phi) is 5.00. The molecule has 0 aliphatic rings. The average Bonchev–Trinajstić information content (AvgIpc) is 2.26. The molecule has 1 unspecified atom stereocenters. The Balaban J connectivity index is 2.48. The second kappa shape index (κ2) is 6.31. The van der Waals surface area contributed by atoms with Gasteiger partial charge < -0.3 is 15.2 Å². The van der Waals surface area contributed by atoms with Crippen LogP contribution in [0.1, 0.15) is 19.5 Å². The molecule has 0 radical (unpaired) electrons. The molecule has 0 fully saturated rings. The van der Waals surface area contributed by atoms with E-state index in [1.165, 1.54) is 0 Å². The van der Waals surface area contributed by atoms with Crippen molar-refractivity contribution in [1.82, 2.24) is 9.97 Å². The van der Waals surface area contributed by atoms with Crippen LogP contribution in [-0.2, 0) is 11.3 Å². The van der Waals surface area contributed by atoms with Crippen LogP contribution < -0.4 is 10.5 Å². The Morgan fingerprint density at radius 2 is 2.33 bits per heavy atom. The molecule has 0 aliphatic heterocycles. The zero-order valence-electron chi connectivity index (χ0n) is 9.14. The van der Waals surface area contributed by atoms with Crippen molar-refractivity contribution < 1.29 is 9.47 Å². The molecule has 1 aromatic rings. The van der Waals surface area contributed by atoms with Crippen LogP contribution in [0.25, 0.3) is 0 Å². The molecule has 84 valence electrons. The summed E-state index contributed by atoms with van der Waals surface area (Å²) in [5.74, 6) is 0.